The van der Waals surface area contributed by atoms with Crippen LogP contribution in [0, 0.1) is 20.8 Å². The molecule has 0 fully saturated rings. The topological polar surface area (TPSA) is 89.5 Å². The van der Waals surface area contributed by atoms with Crippen LogP contribution in [-0.4, -0.2) is 33.8 Å². The van der Waals surface area contributed by atoms with Crippen molar-refractivity contribution in [2.75, 3.05) is 7.11 Å². The van der Waals surface area contributed by atoms with Gasteiger partial charge in [-0.3, -0.25) is 9.59 Å². The van der Waals surface area contributed by atoms with Crippen molar-refractivity contribution in [2.45, 2.75) is 38.1 Å². The maximum atomic E-state index is 13.2. The Morgan fingerprint density at radius 2 is 1.61 bits per heavy atom. The van der Waals surface area contributed by atoms with Gasteiger partial charge in [0.25, 0.3) is 0 Å². The van der Waals surface area contributed by atoms with E-state index in [0.717, 1.165) is 28.5 Å². The summed E-state index contributed by atoms with van der Waals surface area (Å²) in [7, 11) is -2.72. The van der Waals surface area contributed by atoms with Crippen molar-refractivity contribution >= 4 is 22.3 Å². The lowest BCUT2D eigenvalue weighted by Crippen LogP contribution is -2.43. The Kier molecular flexibility index (Phi) is 7.46. The Morgan fingerprint density at radius 3 is 2.18 bits per heavy atom. The van der Waals surface area contributed by atoms with Gasteiger partial charge in [-0.2, -0.15) is 4.72 Å². The first kappa shape index (κ1) is 24.4. The number of ether oxygens (including phenoxy) is 1. The van der Waals surface area contributed by atoms with Gasteiger partial charge in [0.05, 0.1) is 12.0 Å². The second-order valence-corrected chi connectivity index (χ2v) is 9.72. The van der Waals surface area contributed by atoms with Gasteiger partial charge in [0, 0.05) is 5.56 Å². The standard InChI is InChI=1S/C26H27NO5S/c1-17-12-18(2)25(19(3)13-17)33(30,31)27-24(26(29)32-4)15-20-8-10-22(11-9-20)23-7-5-6-21(14-23)16-28/h5-14,16,24,27H,15H2,1-4H3/t24-/m0/s1. The van der Waals surface area contributed by atoms with Gasteiger partial charge in [-0.1, -0.05) is 60.2 Å². The number of hydrogen-bond donors (Lipinski definition) is 1. The number of carbonyl (C=O) groups excluding carboxylic acids is 2. The van der Waals surface area contributed by atoms with E-state index in [-0.39, 0.29) is 11.3 Å². The maximum absolute atomic E-state index is 13.2. The molecule has 1 N–H and O–H groups in total. The van der Waals surface area contributed by atoms with Gasteiger partial charge < -0.3 is 4.74 Å². The summed E-state index contributed by atoms with van der Waals surface area (Å²) >= 11 is 0. The molecule has 3 rings (SSSR count). The Bertz CT molecular complexity index is 1260. The van der Waals surface area contributed by atoms with Gasteiger partial charge in [0.15, 0.2) is 0 Å². The van der Waals surface area contributed by atoms with Crippen LogP contribution in [0.1, 0.15) is 32.6 Å². The lowest BCUT2D eigenvalue weighted by Gasteiger charge is -2.19. The Morgan fingerprint density at radius 1 is 0.970 bits per heavy atom. The van der Waals surface area contributed by atoms with E-state index in [4.69, 9.17) is 4.74 Å². The highest BCUT2D eigenvalue weighted by molar-refractivity contribution is 7.89. The van der Waals surface area contributed by atoms with Crippen molar-refractivity contribution in [3.63, 3.8) is 0 Å². The Balaban J connectivity index is 1.86. The summed E-state index contributed by atoms with van der Waals surface area (Å²) in [4.78, 5) is 23.6. The molecule has 0 amide bonds. The number of sulfonamides is 1. The number of hydrogen-bond acceptors (Lipinski definition) is 5. The molecule has 0 aliphatic carbocycles. The number of carbonyl (C=O) groups is 2. The summed E-state index contributed by atoms with van der Waals surface area (Å²) in [5, 5.41) is 0. The smallest absolute Gasteiger partial charge is 0.324 e. The molecule has 0 aliphatic heterocycles. The van der Waals surface area contributed by atoms with Gasteiger partial charge in [-0.25, -0.2) is 8.42 Å². The second kappa shape index (κ2) is 10.1. The summed E-state index contributed by atoms with van der Waals surface area (Å²) in [6.07, 6.45) is 0.924. The lowest BCUT2D eigenvalue weighted by molar-refractivity contribution is -0.142. The Hall–Kier alpha value is -3.29. The molecule has 6 nitrogen and oxygen atoms in total. The zero-order chi connectivity index (χ0) is 24.2. The third-order valence-corrected chi connectivity index (χ3v) is 7.18. The van der Waals surface area contributed by atoms with E-state index < -0.39 is 22.0 Å². The van der Waals surface area contributed by atoms with E-state index in [0.29, 0.717) is 16.7 Å². The van der Waals surface area contributed by atoms with Crippen LogP contribution in [0.15, 0.2) is 65.6 Å². The first-order valence-corrected chi connectivity index (χ1v) is 12.0. The van der Waals surface area contributed by atoms with Crippen molar-refractivity contribution in [1.29, 1.82) is 0 Å². The summed E-state index contributed by atoms with van der Waals surface area (Å²) < 4.78 is 33.7. The molecule has 0 heterocycles. The first-order valence-electron chi connectivity index (χ1n) is 10.5. The molecule has 0 aromatic heterocycles. The molecule has 0 saturated heterocycles. The fourth-order valence-electron chi connectivity index (χ4n) is 4.01. The molecule has 172 valence electrons. The predicted molar refractivity (Wildman–Crippen MR) is 128 cm³/mol. The molecule has 0 spiro atoms. The third-order valence-electron chi connectivity index (χ3n) is 5.41. The molecule has 0 aliphatic rings. The average molecular weight is 466 g/mol. The normalized spacial score (nSPS) is 12.2. The molecular formula is C26H27NO5S. The molecule has 1 atom stereocenters. The molecule has 0 radical (unpaired) electrons. The molecule has 0 bridgehead atoms. The quantitative estimate of drug-likeness (QED) is 0.399. The number of methoxy groups -OCH3 is 1. The van der Waals surface area contributed by atoms with Gasteiger partial charge >= 0.3 is 5.97 Å². The van der Waals surface area contributed by atoms with Crippen molar-refractivity contribution in [3.8, 4) is 11.1 Å². The summed E-state index contributed by atoms with van der Waals surface area (Å²) in [5.74, 6) is -0.663. The zero-order valence-corrected chi connectivity index (χ0v) is 19.9. The van der Waals surface area contributed by atoms with Crippen molar-refractivity contribution in [2.24, 2.45) is 0 Å². The minimum Gasteiger partial charge on any atom is -0.468 e. The highest BCUT2D eigenvalue weighted by Gasteiger charge is 2.29. The number of benzene rings is 3. The van der Waals surface area contributed by atoms with E-state index in [1.54, 1.807) is 38.1 Å². The summed E-state index contributed by atoms with van der Waals surface area (Å²) in [5.41, 5.74) is 5.34. The van der Waals surface area contributed by atoms with E-state index in [9.17, 15) is 18.0 Å². The lowest BCUT2D eigenvalue weighted by atomic mass is 10.00. The molecule has 0 saturated carbocycles. The second-order valence-electron chi connectivity index (χ2n) is 8.07. The molecule has 33 heavy (non-hydrogen) atoms. The number of rotatable bonds is 8. The van der Waals surface area contributed by atoms with Crippen LogP contribution in [0.5, 0.6) is 0 Å². The highest BCUT2D eigenvalue weighted by atomic mass is 32.2. The van der Waals surface area contributed by atoms with Gasteiger partial charge in [-0.15, -0.1) is 0 Å². The average Bonchev–Trinajstić information content (AvgIpc) is 2.77. The molecule has 0 unspecified atom stereocenters. The Labute approximate surface area is 194 Å². The van der Waals surface area contributed by atoms with E-state index >= 15 is 0 Å². The SMILES string of the molecule is COC(=O)[C@H](Cc1ccc(-c2cccc(C=O)c2)cc1)NS(=O)(=O)c1c(C)cc(C)cc1C. The van der Waals surface area contributed by atoms with Crippen LogP contribution in [0.4, 0.5) is 0 Å². The van der Waals surface area contributed by atoms with Crippen LogP contribution in [-0.2, 0) is 26.0 Å². The molecule has 3 aromatic carbocycles. The minimum absolute atomic E-state index is 0.129. The van der Waals surface area contributed by atoms with Crippen LogP contribution in [0.25, 0.3) is 11.1 Å². The fourth-order valence-corrected chi connectivity index (χ4v) is 5.65. The zero-order valence-electron chi connectivity index (χ0n) is 19.1. The molecule has 3 aromatic rings. The molecule has 7 heteroatoms. The van der Waals surface area contributed by atoms with Crippen LogP contribution in [0.2, 0.25) is 0 Å². The monoisotopic (exact) mass is 465 g/mol. The summed E-state index contributed by atoms with van der Waals surface area (Å²) in [6, 6.07) is 17.2. The van der Waals surface area contributed by atoms with E-state index in [1.807, 2.05) is 43.3 Å². The van der Waals surface area contributed by atoms with E-state index in [2.05, 4.69) is 4.72 Å². The number of nitrogens with one attached hydrogen (secondary N) is 1. The number of aldehydes is 1. The number of esters is 1. The highest BCUT2D eigenvalue weighted by Crippen LogP contribution is 2.24. The van der Waals surface area contributed by atoms with Crippen LogP contribution < -0.4 is 4.72 Å². The predicted octanol–water partition coefficient (Wildman–Crippen LogP) is 4.15. The van der Waals surface area contributed by atoms with Gasteiger partial charge in [0.2, 0.25) is 10.0 Å². The van der Waals surface area contributed by atoms with E-state index in [1.165, 1.54) is 7.11 Å². The van der Waals surface area contributed by atoms with Gasteiger partial charge in [-0.05, 0) is 61.1 Å². The van der Waals surface area contributed by atoms with Crippen molar-refractivity contribution in [3.05, 3.63) is 88.5 Å². The first-order chi connectivity index (χ1) is 15.6. The largest absolute Gasteiger partial charge is 0.468 e. The number of aryl methyl sites for hydroxylation is 3. The minimum atomic E-state index is -3.96. The van der Waals surface area contributed by atoms with Crippen LogP contribution in [0.3, 0.4) is 0 Å². The molecular weight excluding hydrogens is 438 g/mol. The third kappa shape index (κ3) is 5.74. The maximum Gasteiger partial charge on any atom is 0.324 e. The van der Waals surface area contributed by atoms with Crippen LogP contribution >= 0.6 is 0 Å². The van der Waals surface area contributed by atoms with Crippen molar-refractivity contribution in [1.82, 2.24) is 4.72 Å². The van der Waals surface area contributed by atoms with Gasteiger partial charge in [0.1, 0.15) is 12.3 Å². The summed E-state index contributed by atoms with van der Waals surface area (Å²) in [6.45, 7) is 5.38. The van der Waals surface area contributed by atoms with Crippen molar-refractivity contribution < 1.29 is 22.7 Å². The fraction of sp³-hybridized carbons (Fsp3) is 0.231.